The molecule has 1 aliphatic rings. The fourth-order valence-electron chi connectivity index (χ4n) is 2.52. The van der Waals surface area contributed by atoms with E-state index in [9.17, 15) is 14.9 Å². The molecule has 126 valence electrons. The molecule has 1 saturated heterocycles. The molecule has 1 aromatic heterocycles. The molecule has 0 aromatic carbocycles. The maximum atomic E-state index is 12.1. The third kappa shape index (κ3) is 4.08. The number of nitrogens with zero attached hydrogens (tertiary/aromatic N) is 4. The van der Waals surface area contributed by atoms with Gasteiger partial charge in [0.25, 0.3) is 0 Å². The number of aromatic nitrogens is 1. The van der Waals surface area contributed by atoms with E-state index >= 15 is 0 Å². The highest BCUT2D eigenvalue weighted by atomic mass is 16.6. The highest BCUT2D eigenvalue weighted by molar-refractivity contribution is 5.69. The Labute approximate surface area is 135 Å². The molecule has 0 radical (unpaired) electrons. The lowest BCUT2D eigenvalue weighted by molar-refractivity contribution is -0.384. The first kappa shape index (κ1) is 17.0. The van der Waals surface area contributed by atoms with Crippen molar-refractivity contribution in [3.8, 4) is 0 Å². The van der Waals surface area contributed by atoms with Crippen LogP contribution in [-0.2, 0) is 4.74 Å². The van der Waals surface area contributed by atoms with E-state index in [-0.39, 0.29) is 17.8 Å². The number of piperazine rings is 1. The number of anilines is 1. The summed E-state index contributed by atoms with van der Waals surface area (Å²) in [6.07, 6.45) is 1.18. The number of carbonyl (C=O) groups is 1. The standard InChI is InChI=1S/C15H22N4O4/c1-11-10-17(14(20)23-15(2,3)4)8-9-18(11)13-12(19(21)22)6-5-7-16-13/h5-7,11H,8-10H2,1-4H3/t11-/m1/s1. The average molecular weight is 322 g/mol. The average Bonchev–Trinajstić information content (AvgIpc) is 2.45. The molecule has 0 bridgehead atoms. The van der Waals surface area contributed by atoms with Crippen molar-refractivity contribution in [1.29, 1.82) is 0 Å². The number of nitro groups is 1. The molecule has 1 amide bonds. The van der Waals surface area contributed by atoms with Gasteiger partial charge in [0.05, 0.1) is 4.92 Å². The third-order valence-electron chi connectivity index (χ3n) is 3.51. The lowest BCUT2D eigenvalue weighted by Gasteiger charge is -2.40. The highest BCUT2D eigenvalue weighted by Gasteiger charge is 2.33. The maximum absolute atomic E-state index is 12.1. The first-order valence-electron chi connectivity index (χ1n) is 7.53. The van der Waals surface area contributed by atoms with Gasteiger partial charge in [-0.3, -0.25) is 10.1 Å². The van der Waals surface area contributed by atoms with Crippen molar-refractivity contribution in [3.05, 3.63) is 28.4 Å². The molecule has 2 heterocycles. The number of hydrogen-bond donors (Lipinski definition) is 0. The van der Waals surface area contributed by atoms with Gasteiger partial charge in [-0.2, -0.15) is 0 Å². The van der Waals surface area contributed by atoms with E-state index in [1.807, 2.05) is 32.6 Å². The Morgan fingerprint density at radius 2 is 2.13 bits per heavy atom. The van der Waals surface area contributed by atoms with Crippen LogP contribution in [0.5, 0.6) is 0 Å². The van der Waals surface area contributed by atoms with E-state index in [1.165, 1.54) is 12.3 Å². The summed E-state index contributed by atoms with van der Waals surface area (Å²) >= 11 is 0. The minimum atomic E-state index is -0.544. The quantitative estimate of drug-likeness (QED) is 0.614. The lowest BCUT2D eigenvalue weighted by Crippen LogP contribution is -2.55. The number of pyridine rings is 1. The second-order valence-electron chi connectivity index (χ2n) is 6.57. The monoisotopic (exact) mass is 322 g/mol. The van der Waals surface area contributed by atoms with Gasteiger partial charge in [0.2, 0.25) is 5.82 Å². The second-order valence-corrected chi connectivity index (χ2v) is 6.57. The van der Waals surface area contributed by atoms with Crippen molar-refractivity contribution in [2.75, 3.05) is 24.5 Å². The van der Waals surface area contributed by atoms with Crippen LogP contribution in [0.2, 0.25) is 0 Å². The van der Waals surface area contributed by atoms with E-state index in [0.29, 0.717) is 25.5 Å². The zero-order chi connectivity index (χ0) is 17.2. The summed E-state index contributed by atoms with van der Waals surface area (Å²) in [5.74, 6) is 0.342. The molecule has 0 N–H and O–H groups in total. The Kier molecular flexibility index (Phi) is 4.72. The van der Waals surface area contributed by atoms with Crippen molar-refractivity contribution in [3.63, 3.8) is 0 Å². The number of ether oxygens (including phenoxy) is 1. The molecule has 1 aromatic rings. The predicted octanol–water partition coefficient (Wildman–Crippen LogP) is 2.44. The molecule has 1 aliphatic heterocycles. The maximum Gasteiger partial charge on any atom is 0.410 e. The van der Waals surface area contributed by atoms with Crippen LogP contribution in [0, 0.1) is 10.1 Å². The van der Waals surface area contributed by atoms with Crippen LogP contribution in [0.4, 0.5) is 16.3 Å². The second kappa shape index (κ2) is 6.39. The molecular weight excluding hydrogens is 300 g/mol. The van der Waals surface area contributed by atoms with Gasteiger partial charge in [-0.05, 0) is 33.8 Å². The van der Waals surface area contributed by atoms with Gasteiger partial charge in [0, 0.05) is 37.9 Å². The molecule has 0 spiro atoms. The van der Waals surface area contributed by atoms with Crippen LogP contribution < -0.4 is 4.90 Å². The van der Waals surface area contributed by atoms with Crippen LogP contribution in [-0.4, -0.2) is 52.2 Å². The van der Waals surface area contributed by atoms with Crippen LogP contribution in [0.1, 0.15) is 27.7 Å². The van der Waals surface area contributed by atoms with Gasteiger partial charge in [0.15, 0.2) is 0 Å². The summed E-state index contributed by atoms with van der Waals surface area (Å²) in [4.78, 5) is 30.5. The van der Waals surface area contributed by atoms with Gasteiger partial charge in [-0.1, -0.05) is 0 Å². The zero-order valence-corrected chi connectivity index (χ0v) is 13.9. The third-order valence-corrected chi connectivity index (χ3v) is 3.51. The van der Waals surface area contributed by atoms with Crippen LogP contribution >= 0.6 is 0 Å². The Hall–Kier alpha value is -2.38. The molecule has 1 fully saturated rings. The molecule has 0 saturated carbocycles. The molecule has 0 aliphatic carbocycles. The van der Waals surface area contributed by atoms with E-state index in [4.69, 9.17) is 4.74 Å². The van der Waals surface area contributed by atoms with Gasteiger partial charge >= 0.3 is 11.8 Å². The normalized spacial score (nSPS) is 18.7. The molecule has 23 heavy (non-hydrogen) atoms. The summed E-state index contributed by atoms with van der Waals surface area (Å²) < 4.78 is 5.37. The summed E-state index contributed by atoms with van der Waals surface area (Å²) in [5, 5.41) is 11.2. The Bertz CT molecular complexity index is 599. The molecule has 8 nitrogen and oxygen atoms in total. The zero-order valence-electron chi connectivity index (χ0n) is 13.9. The fraction of sp³-hybridized carbons (Fsp3) is 0.600. The summed E-state index contributed by atoms with van der Waals surface area (Å²) in [6.45, 7) is 8.72. The van der Waals surface area contributed by atoms with Crippen LogP contribution in [0.15, 0.2) is 18.3 Å². The van der Waals surface area contributed by atoms with E-state index in [1.54, 1.807) is 11.0 Å². The minimum Gasteiger partial charge on any atom is -0.444 e. The van der Waals surface area contributed by atoms with Crippen molar-refractivity contribution in [1.82, 2.24) is 9.88 Å². The first-order valence-corrected chi connectivity index (χ1v) is 7.53. The highest BCUT2D eigenvalue weighted by Crippen LogP contribution is 2.28. The molecule has 1 atom stereocenters. The van der Waals surface area contributed by atoms with E-state index in [0.717, 1.165) is 0 Å². The number of carbonyl (C=O) groups excluding carboxylic acids is 1. The van der Waals surface area contributed by atoms with Gasteiger partial charge in [-0.25, -0.2) is 9.78 Å². The van der Waals surface area contributed by atoms with Crippen molar-refractivity contribution in [2.24, 2.45) is 0 Å². The van der Waals surface area contributed by atoms with Gasteiger partial charge < -0.3 is 14.5 Å². The Morgan fingerprint density at radius 1 is 1.43 bits per heavy atom. The Balaban J connectivity index is 2.11. The van der Waals surface area contributed by atoms with Crippen LogP contribution in [0.3, 0.4) is 0 Å². The largest absolute Gasteiger partial charge is 0.444 e. The molecular formula is C15H22N4O4. The summed E-state index contributed by atoms with van der Waals surface area (Å²) in [5.41, 5.74) is -0.568. The molecule has 8 heteroatoms. The first-order chi connectivity index (χ1) is 10.7. The molecule has 0 unspecified atom stereocenters. The number of rotatable bonds is 2. The predicted molar refractivity (Wildman–Crippen MR) is 85.5 cm³/mol. The smallest absolute Gasteiger partial charge is 0.410 e. The SMILES string of the molecule is C[C@@H]1CN(C(=O)OC(C)(C)C)CCN1c1ncccc1[N+](=O)[O-]. The number of hydrogen-bond acceptors (Lipinski definition) is 6. The summed E-state index contributed by atoms with van der Waals surface area (Å²) in [7, 11) is 0. The minimum absolute atomic E-state index is 0.0231. The van der Waals surface area contributed by atoms with Crippen molar-refractivity contribution < 1.29 is 14.5 Å². The Morgan fingerprint density at radius 3 is 2.70 bits per heavy atom. The van der Waals surface area contributed by atoms with Gasteiger partial charge in [0.1, 0.15) is 5.60 Å². The van der Waals surface area contributed by atoms with E-state index < -0.39 is 10.5 Å². The number of amides is 1. The van der Waals surface area contributed by atoms with Crippen LogP contribution in [0.25, 0.3) is 0 Å². The van der Waals surface area contributed by atoms with Gasteiger partial charge in [-0.15, -0.1) is 0 Å². The summed E-state index contributed by atoms with van der Waals surface area (Å²) in [6, 6.07) is 2.89. The van der Waals surface area contributed by atoms with Crippen molar-refractivity contribution >= 4 is 17.6 Å². The molecule has 2 rings (SSSR count). The topological polar surface area (TPSA) is 88.8 Å². The lowest BCUT2D eigenvalue weighted by atomic mass is 10.2. The van der Waals surface area contributed by atoms with Crippen molar-refractivity contribution in [2.45, 2.75) is 39.3 Å². The van der Waals surface area contributed by atoms with E-state index in [2.05, 4.69) is 4.98 Å². The fourth-order valence-corrected chi connectivity index (χ4v) is 2.52.